The lowest BCUT2D eigenvalue weighted by atomic mass is 10.0. The summed E-state index contributed by atoms with van der Waals surface area (Å²) in [5.41, 5.74) is 3.06. The highest BCUT2D eigenvalue weighted by Crippen LogP contribution is 2.35. The fraction of sp³-hybridized carbons (Fsp3) is 0.435. The van der Waals surface area contributed by atoms with Crippen molar-refractivity contribution in [2.24, 2.45) is 0 Å². The zero-order valence-electron chi connectivity index (χ0n) is 17.9. The first-order valence-corrected chi connectivity index (χ1v) is 10.7. The first-order valence-electron chi connectivity index (χ1n) is 10.3. The van der Waals surface area contributed by atoms with Crippen molar-refractivity contribution in [3.05, 3.63) is 47.1 Å². The second-order valence-electron chi connectivity index (χ2n) is 8.78. The highest BCUT2D eigenvalue weighted by atomic mass is 35.5. The lowest BCUT2D eigenvalue weighted by Crippen LogP contribution is -2.42. The highest BCUT2D eigenvalue weighted by molar-refractivity contribution is 6.33. The quantitative estimate of drug-likeness (QED) is 0.532. The number of ether oxygens (including phenoxy) is 1. The van der Waals surface area contributed by atoms with E-state index in [1.165, 1.54) is 0 Å². The van der Waals surface area contributed by atoms with Crippen molar-refractivity contribution in [2.75, 3.05) is 13.1 Å². The summed E-state index contributed by atoms with van der Waals surface area (Å²) < 4.78 is 7.74. The van der Waals surface area contributed by atoms with Crippen molar-refractivity contribution in [1.82, 2.24) is 19.4 Å². The number of rotatable bonds is 2. The van der Waals surface area contributed by atoms with Gasteiger partial charge in [0.05, 0.1) is 5.02 Å². The Hall–Kier alpha value is -2.60. The van der Waals surface area contributed by atoms with Crippen LogP contribution in [0.2, 0.25) is 5.02 Å². The average molecular weight is 427 g/mol. The molecule has 0 aliphatic carbocycles. The Morgan fingerprint density at radius 1 is 1.10 bits per heavy atom. The Kier molecular flexibility index (Phi) is 5.45. The lowest BCUT2D eigenvalue weighted by molar-refractivity contribution is 0.0190. The minimum Gasteiger partial charge on any atom is -0.444 e. The Bertz CT molecular complexity index is 1080. The molecule has 0 saturated carbocycles. The monoisotopic (exact) mass is 426 g/mol. The number of halogens is 1. The molecule has 4 rings (SSSR count). The number of carbonyl (C=O) groups is 1. The molecule has 3 aromatic rings. The Morgan fingerprint density at radius 3 is 2.47 bits per heavy atom. The first-order chi connectivity index (χ1) is 14.2. The molecule has 0 unspecified atom stereocenters. The number of aromatic nitrogens is 3. The molecule has 1 aliphatic heterocycles. The Balaban J connectivity index is 1.67. The minimum atomic E-state index is -0.493. The Labute approximate surface area is 181 Å². The number of fused-ring (bicyclic) bond motifs is 1. The van der Waals surface area contributed by atoms with Gasteiger partial charge in [0, 0.05) is 30.4 Å². The third kappa shape index (κ3) is 4.15. The smallest absolute Gasteiger partial charge is 0.410 e. The van der Waals surface area contributed by atoms with Gasteiger partial charge in [-0.3, -0.25) is 0 Å². The summed E-state index contributed by atoms with van der Waals surface area (Å²) >= 11 is 6.51. The molecule has 2 aromatic heterocycles. The van der Waals surface area contributed by atoms with E-state index in [1.54, 1.807) is 4.90 Å². The molecule has 158 valence electrons. The fourth-order valence-corrected chi connectivity index (χ4v) is 4.10. The van der Waals surface area contributed by atoms with Crippen LogP contribution < -0.4 is 0 Å². The summed E-state index contributed by atoms with van der Waals surface area (Å²) in [6.45, 7) is 8.91. The SMILES string of the molecule is Cc1ccc2nc(-c3ccccc3Cl)n(C3CCN(C(=O)OC(C)(C)C)CC3)c2n1. The van der Waals surface area contributed by atoms with E-state index in [0.717, 1.165) is 41.1 Å². The summed E-state index contributed by atoms with van der Waals surface area (Å²) in [4.78, 5) is 23.9. The molecular formula is C23H27ClN4O2. The lowest BCUT2D eigenvalue weighted by Gasteiger charge is -2.34. The van der Waals surface area contributed by atoms with Crippen LogP contribution in [0.5, 0.6) is 0 Å². The number of amides is 1. The van der Waals surface area contributed by atoms with E-state index >= 15 is 0 Å². The number of carbonyl (C=O) groups excluding carboxylic acids is 1. The zero-order chi connectivity index (χ0) is 21.5. The summed E-state index contributed by atoms with van der Waals surface area (Å²) in [5.74, 6) is 0.824. The molecule has 0 N–H and O–H groups in total. The van der Waals surface area contributed by atoms with Crippen molar-refractivity contribution in [2.45, 2.75) is 52.2 Å². The molecule has 1 amide bonds. The van der Waals surface area contributed by atoms with Crippen LogP contribution in [-0.4, -0.2) is 44.2 Å². The molecule has 1 fully saturated rings. The third-order valence-corrected chi connectivity index (χ3v) is 5.60. The van der Waals surface area contributed by atoms with Crippen LogP contribution in [0.1, 0.15) is 45.3 Å². The van der Waals surface area contributed by atoms with E-state index in [1.807, 2.05) is 64.1 Å². The van der Waals surface area contributed by atoms with Gasteiger partial charge in [0.1, 0.15) is 16.9 Å². The van der Waals surface area contributed by atoms with E-state index in [4.69, 9.17) is 26.3 Å². The number of likely N-dealkylation sites (tertiary alicyclic amines) is 1. The summed E-state index contributed by atoms with van der Waals surface area (Å²) in [7, 11) is 0. The number of hydrogen-bond acceptors (Lipinski definition) is 4. The number of pyridine rings is 1. The maximum atomic E-state index is 12.5. The second kappa shape index (κ2) is 7.91. The van der Waals surface area contributed by atoms with Crippen LogP contribution in [0, 0.1) is 6.92 Å². The van der Waals surface area contributed by atoms with Gasteiger partial charge in [-0.1, -0.05) is 23.7 Å². The zero-order valence-corrected chi connectivity index (χ0v) is 18.6. The molecule has 1 aromatic carbocycles. The van der Waals surface area contributed by atoms with Crippen molar-refractivity contribution < 1.29 is 9.53 Å². The largest absolute Gasteiger partial charge is 0.444 e. The van der Waals surface area contributed by atoms with Crippen LogP contribution in [-0.2, 0) is 4.74 Å². The van der Waals surface area contributed by atoms with Gasteiger partial charge in [0.25, 0.3) is 0 Å². The van der Waals surface area contributed by atoms with Crippen LogP contribution in [0.3, 0.4) is 0 Å². The van der Waals surface area contributed by atoms with Crippen LogP contribution >= 0.6 is 11.6 Å². The number of nitrogens with zero attached hydrogens (tertiary/aromatic N) is 4. The molecule has 1 saturated heterocycles. The summed E-state index contributed by atoms with van der Waals surface area (Å²) in [5, 5.41) is 0.664. The summed E-state index contributed by atoms with van der Waals surface area (Å²) in [6, 6.07) is 11.9. The predicted molar refractivity (Wildman–Crippen MR) is 119 cm³/mol. The fourth-order valence-electron chi connectivity index (χ4n) is 3.88. The van der Waals surface area contributed by atoms with Gasteiger partial charge < -0.3 is 14.2 Å². The van der Waals surface area contributed by atoms with Crippen molar-refractivity contribution in [1.29, 1.82) is 0 Å². The molecule has 7 heteroatoms. The topological polar surface area (TPSA) is 60.2 Å². The molecule has 3 heterocycles. The van der Waals surface area contributed by atoms with Gasteiger partial charge in [0.2, 0.25) is 0 Å². The molecule has 0 radical (unpaired) electrons. The molecule has 6 nitrogen and oxygen atoms in total. The molecule has 1 aliphatic rings. The first kappa shape index (κ1) is 20.7. The van der Waals surface area contributed by atoms with Crippen molar-refractivity contribution >= 4 is 28.9 Å². The Morgan fingerprint density at radius 2 is 1.80 bits per heavy atom. The van der Waals surface area contributed by atoms with Gasteiger partial charge in [0.15, 0.2) is 5.65 Å². The number of aryl methyl sites for hydroxylation is 1. The van der Waals surface area contributed by atoms with E-state index < -0.39 is 5.60 Å². The van der Waals surface area contributed by atoms with Gasteiger partial charge in [-0.15, -0.1) is 0 Å². The molecule has 30 heavy (non-hydrogen) atoms. The average Bonchev–Trinajstić information content (AvgIpc) is 3.05. The number of benzene rings is 1. The van der Waals surface area contributed by atoms with E-state index in [-0.39, 0.29) is 12.1 Å². The molecule has 0 atom stereocenters. The predicted octanol–water partition coefficient (Wildman–Crippen LogP) is 5.63. The van der Waals surface area contributed by atoms with E-state index in [9.17, 15) is 4.79 Å². The maximum absolute atomic E-state index is 12.5. The van der Waals surface area contributed by atoms with Gasteiger partial charge in [-0.2, -0.15) is 0 Å². The summed E-state index contributed by atoms with van der Waals surface area (Å²) in [6.07, 6.45) is 1.35. The van der Waals surface area contributed by atoms with Crippen LogP contribution in [0.4, 0.5) is 4.79 Å². The molecule has 0 spiro atoms. The highest BCUT2D eigenvalue weighted by Gasteiger charge is 2.30. The van der Waals surface area contributed by atoms with Gasteiger partial charge >= 0.3 is 6.09 Å². The van der Waals surface area contributed by atoms with Crippen LogP contribution in [0.25, 0.3) is 22.6 Å². The minimum absolute atomic E-state index is 0.175. The van der Waals surface area contributed by atoms with Crippen molar-refractivity contribution in [3.8, 4) is 11.4 Å². The second-order valence-corrected chi connectivity index (χ2v) is 9.19. The number of imidazole rings is 1. The van der Waals surface area contributed by atoms with Gasteiger partial charge in [-0.25, -0.2) is 14.8 Å². The number of piperidine rings is 1. The third-order valence-electron chi connectivity index (χ3n) is 5.27. The maximum Gasteiger partial charge on any atom is 0.410 e. The van der Waals surface area contributed by atoms with E-state index in [2.05, 4.69) is 4.57 Å². The normalized spacial score (nSPS) is 15.6. The standard InChI is InChI=1S/C23H27ClN4O2/c1-15-9-10-19-21(25-15)28(20(26-19)17-7-5-6-8-18(17)24)16-11-13-27(14-12-16)22(29)30-23(2,3)4/h5-10,16H,11-14H2,1-4H3. The van der Waals surface area contributed by atoms with Crippen LogP contribution in [0.15, 0.2) is 36.4 Å². The molecular weight excluding hydrogens is 400 g/mol. The number of hydrogen-bond donors (Lipinski definition) is 0. The molecule has 0 bridgehead atoms. The van der Waals surface area contributed by atoms with Gasteiger partial charge in [-0.05, 0) is 64.8 Å². The van der Waals surface area contributed by atoms with E-state index in [0.29, 0.717) is 18.1 Å². The van der Waals surface area contributed by atoms with Crippen molar-refractivity contribution in [3.63, 3.8) is 0 Å².